The number of aliphatic hydroxyl groups is 2. The van der Waals surface area contributed by atoms with E-state index >= 15 is 0 Å². The Hall–Kier alpha value is -1.39. The predicted octanol–water partition coefficient (Wildman–Crippen LogP) is 2.52. The molecule has 118 valence electrons. The molecule has 0 saturated heterocycles. The summed E-state index contributed by atoms with van der Waals surface area (Å²) in [5, 5.41) is 20.1. The van der Waals surface area contributed by atoms with E-state index in [1.807, 2.05) is 26.8 Å². The number of carbonyl (C=O) groups is 1. The summed E-state index contributed by atoms with van der Waals surface area (Å²) in [5.74, 6) is -0.241. The number of hydrogen-bond donors (Lipinski definition) is 2. The van der Waals surface area contributed by atoms with Gasteiger partial charge in [-0.05, 0) is 51.2 Å². The summed E-state index contributed by atoms with van der Waals surface area (Å²) in [6.45, 7) is 7.30. The van der Waals surface area contributed by atoms with Gasteiger partial charge in [-0.15, -0.1) is 0 Å². The van der Waals surface area contributed by atoms with Crippen LogP contribution in [0.25, 0.3) is 0 Å². The van der Waals surface area contributed by atoms with E-state index in [2.05, 4.69) is 0 Å². The van der Waals surface area contributed by atoms with Gasteiger partial charge in [0.05, 0.1) is 11.7 Å². The van der Waals surface area contributed by atoms with Gasteiger partial charge < -0.3 is 14.9 Å². The summed E-state index contributed by atoms with van der Waals surface area (Å²) in [7, 11) is 0. The van der Waals surface area contributed by atoms with Crippen LogP contribution in [0.2, 0.25) is 0 Å². The summed E-state index contributed by atoms with van der Waals surface area (Å²) in [6.07, 6.45) is 8.34. The standard InChI is InChI=1S/C17H26O4/c1-12-6-5-7-13(2)15(18)8-10-17(4,20)11-9-16(19)21-14(12)3/h7-12,14-15,18,20H,5-6H2,1-4H3/b10-8+,11-9+,13-7-/t12-,14-,15+,17-/m1/s1. The molecule has 0 aromatic carbocycles. The third-order valence-electron chi connectivity index (χ3n) is 3.83. The molecule has 2 N–H and O–H groups in total. The average molecular weight is 294 g/mol. The lowest BCUT2D eigenvalue weighted by Crippen LogP contribution is -2.23. The van der Waals surface area contributed by atoms with Crippen molar-refractivity contribution in [1.29, 1.82) is 0 Å². The number of carbonyl (C=O) groups excluding carboxylic acids is 1. The lowest BCUT2D eigenvalue weighted by molar-refractivity contribution is -0.144. The van der Waals surface area contributed by atoms with Crippen molar-refractivity contribution in [3.8, 4) is 0 Å². The average Bonchev–Trinajstić information content (AvgIpc) is 2.41. The fraction of sp³-hybridized carbons (Fsp3) is 0.588. The number of rotatable bonds is 0. The lowest BCUT2D eigenvalue weighted by Gasteiger charge is -2.20. The van der Waals surface area contributed by atoms with E-state index in [1.54, 1.807) is 0 Å². The molecule has 0 saturated carbocycles. The smallest absolute Gasteiger partial charge is 0.330 e. The quantitative estimate of drug-likeness (QED) is 0.532. The summed E-state index contributed by atoms with van der Waals surface area (Å²) in [6, 6.07) is 0. The minimum absolute atomic E-state index is 0.191. The van der Waals surface area contributed by atoms with Crippen LogP contribution < -0.4 is 0 Å². The molecule has 0 unspecified atom stereocenters. The van der Waals surface area contributed by atoms with Crippen molar-refractivity contribution >= 4 is 5.97 Å². The van der Waals surface area contributed by atoms with Gasteiger partial charge in [0, 0.05) is 6.08 Å². The van der Waals surface area contributed by atoms with Crippen LogP contribution in [0, 0.1) is 5.92 Å². The normalized spacial score (nSPS) is 41.3. The van der Waals surface area contributed by atoms with E-state index in [1.165, 1.54) is 31.2 Å². The van der Waals surface area contributed by atoms with Crippen LogP contribution in [-0.2, 0) is 9.53 Å². The van der Waals surface area contributed by atoms with E-state index in [9.17, 15) is 15.0 Å². The minimum Gasteiger partial charge on any atom is -0.459 e. The van der Waals surface area contributed by atoms with Gasteiger partial charge in [0.25, 0.3) is 0 Å². The maximum Gasteiger partial charge on any atom is 0.330 e. The number of hydrogen-bond acceptors (Lipinski definition) is 4. The molecule has 0 aromatic heterocycles. The number of cyclic esters (lactones) is 1. The molecular formula is C17H26O4. The van der Waals surface area contributed by atoms with E-state index in [0.29, 0.717) is 0 Å². The Morgan fingerprint density at radius 2 is 2.00 bits per heavy atom. The van der Waals surface area contributed by atoms with E-state index in [-0.39, 0.29) is 12.0 Å². The zero-order valence-corrected chi connectivity index (χ0v) is 13.2. The van der Waals surface area contributed by atoms with Crippen molar-refractivity contribution in [1.82, 2.24) is 0 Å². The molecule has 4 heteroatoms. The predicted molar refractivity (Wildman–Crippen MR) is 82.6 cm³/mol. The van der Waals surface area contributed by atoms with Gasteiger partial charge in [0.2, 0.25) is 0 Å². The van der Waals surface area contributed by atoms with Crippen LogP contribution in [0.3, 0.4) is 0 Å². The molecule has 1 aliphatic heterocycles. The lowest BCUT2D eigenvalue weighted by atomic mass is 9.97. The second-order valence-electron chi connectivity index (χ2n) is 6.01. The highest BCUT2D eigenvalue weighted by Gasteiger charge is 2.18. The monoisotopic (exact) mass is 294 g/mol. The maximum absolute atomic E-state index is 11.7. The second kappa shape index (κ2) is 7.57. The van der Waals surface area contributed by atoms with Gasteiger partial charge in [0.1, 0.15) is 6.10 Å². The molecule has 0 aliphatic carbocycles. The zero-order chi connectivity index (χ0) is 16.0. The number of ether oxygens (including phenoxy) is 1. The SMILES string of the molecule is C/C1=C/CC[C@@H](C)[C@@H](C)OC(=O)/C=C/[C@](C)(O)/C=C/[C@@H]1O. The van der Waals surface area contributed by atoms with E-state index in [0.717, 1.165) is 18.4 Å². The third kappa shape index (κ3) is 6.27. The summed E-state index contributed by atoms with van der Waals surface area (Å²) in [5.41, 5.74) is -0.459. The van der Waals surface area contributed by atoms with Gasteiger partial charge in [-0.1, -0.05) is 25.2 Å². The van der Waals surface area contributed by atoms with Gasteiger partial charge in [-0.3, -0.25) is 0 Å². The number of aliphatic hydroxyl groups excluding tert-OH is 1. The molecule has 0 aromatic rings. The van der Waals surface area contributed by atoms with Crippen LogP contribution in [0.4, 0.5) is 0 Å². The van der Waals surface area contributed by atoms with Gasteiger partial charge in [-0.2, -0.15) is 0 Å². The topological polar surface area (TPSA) is 66.8 Å². The minimum atomic E-state index is -1.31. The Labute approximate surface area is 126 Å². The highest BCUT2D eigenvalue weighted by molar-refractivity contribution is 5.82. The molecule has 4 atom stereocenters. The third-order valence-corrected chi connectivity index (χ3v) is 3.83. The Bertz CT molecular complexity index is 446. The molecule has 0 fully saturated rings. The van der Waals surface area contributed by atoms with E-state index < -0.39 is 17.7 Å². The molecule has 21 heavy (non-hydrogen) atoms. The summed E-state index contributed by atoms with van der Waals surface area (Å²) < 4.78 is 5.32. The van der Waals surface area contributed by atoms with Gasteiger partial charge in [0.15, 0.2) is 0 Å². The Kier molecular flexibility index (Phi) is 6.37. The molecular weight excluding hydrogens is 268 g/mol. The van der Waals surface area contributed by atoms with Crippen LogP contribution >= 0.6 is 0 Å². The molecule has 0 spiro atoms. The highest BCUT2D eigenvalue weighted by atomic mass is 16.5. The molecule has 1 heterocycles. The van der Waals surface area contributed by atoms with Crippen molar-refractivity contribution in [2.75, 3.05) is 0 Å². The number of esters is 1. The van der Waals surface area contributed by atoms with E-state index in [4.69, 9.17) is 4.74 Å². The number of allylic oxidation sites excluding steroid dienone is 1. The molecule has 0 radical (unpaired) electrons. The molecule has 1 aliphatic rings. The molecule has 0 amide bonds. The van der Waals surface area contributed by atoms with Crippen LogP contribution in [0.1, 0.15) is 40.5 Å². The second-order valence-corrected chi connectivity index (χ2v) is 6.01. The maximum atomic E-state index is 11.7. The molecule has 0 bridgehead atoms. The Balaban J connectivity index is 2.99. The first-order chi connectivity index (χ1) is 9.71. The Morgan fingerprint density at radius 3 is 2.67 bits per heavy atom. The zero-order valence-electron chi connectivity index (χ0n) is 13.2. The summed E-state index contributed by atoms with van der Waals surface area (Å²) >= 11 is 0. The fourth-order valence-corrected chi connectivity index (χ4v) is 2.00. The van der Waals surface area contributed by atoms with Crippen molar-refractivity contribution in [3.05, 3.63) is 36.0 Å². The highest BCUT2D eigenvalue weighted by Crippen LogP contribution is 2.18. The first-order valence-electron chi connectivity index (χ1n) is 7.37. The van der Waals surface area contributed by atoms with Crippen LogP contribution in [-0.4, -0.2) is 34.0 Å². The largest absolute Gasteiger partial charge is 0.459 e. The van der Waals surface area contributed by atoms with Gasteiger partial charge in [-0.25, -0.2) is 4.79 Å². The molecule has 4 nitrogen and oxygen atoms in total. The first-order valence-corrected chi connectivity index (χ1v) is 7.37. The van der Waals surface area contributed by atoms with Crippen molar-refractivity contribution < 1.29 is 19.7 Å². The first kappa shape index (κ1) is 17.7. The van der Waals surface area contributed by atoms with Crippen molar-refractivity contribution in [3.63, 3.8) is 0 Å². The van der Waals surface area contributed by atoms with Crippen LogP contribution in [0.15, 0.2) is 36.0 Å². The fourth-order valence-electron chi connectivity index (χ4n) is 2.00. The van der Waals surface area contributed by atoms with Crippen LogP contribution in [0.5, 0.6) is 0 Å². The van der Waals surface area contributed by atoms with Crippen molar-refractivity contribution in [2.45, 2.75) is 58.3 Å². The van der Waals surface area contributed by atoms with Gasteiger partial charge >= 0.3 is 5.97 Å². The van der Waals surface area contributed by atoms with Crippen molar-refractivity contribution in [2.24, 2.45) is 5.92 Å². The Morgan fingerprint density at radius 1 is 1.33 bits per heavy atom. The molecule has 1 rings (SSSR count). The summed E-state index contributed by atoms with van der Waals surface area (Å²) in [4.78, 5) is 11.7.